The van der Waals surface area contributed by atoms with Crippen molar-refractivity contribution < 1.29 is 33.2 Å². The van der Waals surface area contributed by atoms with Crippen molar-refractivity contribution in [3.05, 3.63) is 35.6 Å². The van der Waals surface area contributed by atoms with Gasteiger partial charge in [0.05, 0.1) is 0 Å². The van der Waals surface area contributed by atoms with E-state index >= 15 is 0 Å². The summed E-state index contributed by atoms with van der Waals surface area (Å²) in [6, 6.07) is 5.27. The number of benzene rings is 1. The molecular formula is C28H44FNO6. The van der Waals surface area contributed by atoms with Crippen LogP contribution >= 0.6 is 0 Å². The molecule has 2 N–H and O–H groups in total. The molecule has 2 heterocycles. The fourth-order valence-electron chi connectivity index (χ4n) is 4.95. The molecule has 8 heteroatoms. The summed E-state index contributed by atoms with van der Waals surface area (Å²) in [5.74, 6) is -2.94. The van der Waals surface area contributed by atoms with Crippen LogP contribution in [-0.4, -0.2) is 60.7 Å². The lowest BCUT2D eigenvalue weighted by Gasteiger charge is -2.28. The molecule has 204 valence electrons. The first-order valence-electron chi connectivity index (χ1n) is 13.6. The lowest BCUT2D eigenvalue weighted by atomic mass is 10.1. The summed E-state index contributed by atoms with van der Waals surface area (Å²) < 4.78 is 37.2. The Morgan fingerprint density at radius 3 is 2.25 bits per heavy atom. The number of hydrogen-bond acceptors (Lipinski definition) is 6. The first-order chi connectivity index (χ1) is 17.3. The van der Waals surface area contributed by atoms with E-state index in [9.17, 15) is 14.3 Å². The van der Waals surface area contributed by atoms with E-state index in [0.29, 0.717) is 12.2 Å². The van der Waals surface area contributed by atoms with Crippen molar-refractivity contribution >= 4 is 5.91 Å². The number of carbonyl (C=O) groups excluding carboxylic acids is 1. The lowest BCUT2D eigenvalue weighted by Crippen LogP contribution is -2.45. The van der Waals surface area contributed by atoms with Crippen molar-refractivity contribution in [1.29, 1.82) is 0 Å². The molecule has 2 saturated heterocycles. The fraction of sp³-hybridized carbons (Fsp3) is 0.750. The Hall–Kier alpha value is -1.58. The van der Waals surface area contributed by atoms with Gasteiger partial charge in [-0.2, -0.15) is 0 Å². The molecule has 1 aromatic rings. The molecule has 2 aliphatic rings. The molecule has 0 unspecified atom stereocenters. The average molecular weight is 510 g/mol. The Morgan fingerprint density at radius 2 is 1.61 bits per heavy atom. The average Bonchev–Trinajstić information content (AvgIpc) is 3.25. The topological polar surface area (TPSA) is 86.3 Å². The predicted octanol–water partition coefficient (Wildman–Crippen LogP) is 5.10. The molecule has 1 amide bonds. The van der Waals surface area contributed by atoms with E-state index in [2.05, 4.69) is 12.2 Å². The maximum atomic E-state index is 13.1. The number of halogens is 1. The van der Waals surface area contributed by atoms with Gasteiger partial charge in [0.2, 0.25) is 5.79 Å². The third-order valence-corrected chi connectivity index (χ3v) is 6.82. The van der Waals surface area contributed by atoms with Crippen LogP contribution < -0.4 is 5.32 Å². The van der Waals surface area contributed by atoms with Gasteiger partial charge < -0.3 is 29.4 Å². The van der Waals surface area contributed by atoms with Gasteiger partial charge in [-0.1, -0.05) is 64.7 Å². The Kier molecular flexibility index (Phi) is 11.1. The Morgan fingerprint density at radius 1 is 1.00 bits per heavy atom. The van der Waals surface area contributed by atoms with E-state index in [1.807, 2.05) is 0 Å². The van der Waals surface area contributed by atoms with Crippen LogP contribution in [0.15, 0.2) is 24.3 Å². The van der Waals surface area contributed by atoms with Crippen molar-refractivity contribution in [2.45, 2.75) is 115 Å². The molecular weight excluding hydrogens is 465 g/mol. The number of fused-ring (bicyclic) bond motifs is 1. The van der Waals surface area contributed by atoms with Crippen LogP contribution in [0.5, 0.6) is 0 Å². The van der Waals surface area contributed by atoms with Crippen molar-refractivity contribution in [2.75, 3.05) is 19.8 Å². The molecule has 3 rings (SSSR count). The summed E-state index contributed by atoms with van der Waals surface area (Å²) in [4.78, 5) is 12.4. The first kappa shape index (κ1) is 29.0. The summed E-state index contributed by atoms with van der Waals surface area (Å²) in [7, 11) is 0. The molecule has 4 atom stereocenters. The smallest absolute Gasteiger partial charge is 0.251 e. The molecule has 0 aliphatic carbocycles. The first-order valence-corrected chi connectivity index (χ1v) is 13.6. The Balaban J connectivity index is 1.39. The number of aliphatic hydroxyl groups excluding tert-OH is 1. The van der Waals surface area contributed by atoms with Gasteiger partial charge in [0.1, 0.15) is 30.7 Å². The Labute approximate surface area is 215 Å². The quantitative estimate of drug-likeness (QED) is 0.302. The van der Waals surface area contributed by atoms with Crippen molar-refractivity contribution in [3.8, 4) is 0 Å². The summed E-state index contributed by atoms with van der Waals surface area (Å²) in [5.41, 5.74) is 0.326. The third-order valence-electron chi connectivity index (χ3n) is 6.82. The number of aliphatic hydroxyl groups is 1. The van der Waals surface area contributed by atoms with Gasteiger partial charge in [-0.05, 0) is 44.5 Å². The SMILES string of the molecule is CCCCCCCCCCCCOC[C@@]12O[C@@H](CNC(=O)c3ccc(F)cc3)[C@@H](O)[C@@H]1OC(C)(C)O2. The number of nitrogens with one attached hydrogen (secondary N) is 1. The van der Waals surface area contributed by atoms with E-state index in [0.717, 1.165) is 12.8 Å². The van der Waals surface area contributed by atoms with E-state index in [4.69, 9.17) is 18.9 Å². The summed E-state index contributed by atoms with van der Waals surface area (Å²) in [6.45, 7) is 6.57. The maximum Gasteiger partial charge on any atom is 0.251 e. The maximum absolute atomic E-state index is 13.1. The number of rotatable bonds is 16. The zero-order chi connectivity index (χ0) is 26.0. The van der Waals surface area contributed by atoms with Crippen molar-refractivity contribution in [2.24, 2.45) is 0 Å². The summed E-state index contributed by atoms with van der Waals surface area (Å²) in [5, 5.41) is 13.6. The number of hydrogen-bond donors (Lipinski definition) is 2. The van der Waals surface area contributed by atoms with Crippen LogP contribution in [0.25, 0.3) is 0 Å². The standard InChI is InChI=1S/C28H44FNO6/c1-4-5-6-7-8-9-10-11-12-13-18-33-20-28-25(35-27(2,3)36-28)24(31)23(34-28)19-30-26(32)21-14-16-22(29)17-15-21/h14-17,23-25,31H,4-13,18-20H2,1-3H3,(H,30,32)/t23-,24+,25-,28-/m0/s1. The minimum Gasteiger partial charge on any atom is -0.387 e. The van der Waals surface area contributed by atoms with Crippen molar-refractivity contribution in [3.63, 3.8) is 0 Å². The zero-order valence-corrected chi connectivity index (χ0v) is 22.1. The molecule has 0 spiro atoms. The lowest BCUT2D eigenvalue weighted by molar-refractivity contribution is -0.277. The highest BCUT2D eigenvalue weighted by Gasteiger charge is 2.64. The molecule has 1 aromatic carbocycles. The predicted molar refractivity (Wildman–Crippen MR) is 135 cm³/mol. The highest BCUT2D eigenvalue weighted by molar-refractivity contribution is 5.94. The van der Waals surface area contributed by atoms with Crippen LogP contribution in [0.2, 0.25) is 0 Å². The summed E-state index contributed by atoms with van der Waals surface area (Å²) >= 11 is 0. The molecule has 36 heavy (non-hydrogen) atoms. The normalized spacial score (nSPS) is 26.8. The summed E-state index contributed by atoms with van der Waals surface area (Å²) in [6.07, 6.45) is 10.1. The van der Waals surface area contributed by atoms with Crippen LogP contribution in [0.4, 0.5) is 4.39 Å². The number of amides is 1. The third kappa shape index (κ3) is 8.21. The van der Waals surface area contributed by atoms with Crippen LogP contribution in [-0.2, 0) is 18.9 Å². The van der Waals surface area contributed by atoms with Gasteiger partial charge in [-0.25, -0.2) is 4.39 Å². The molecule has 0 radical (unpaired) electrons. The molecule has 0 bridgehead atoms. The van der Waals surface area contributed by atoms with Gasteiger partial charge in [0.25, 0.3) is 5.91 Å². The minimum atomic E-state index is -1.23. The van der Waals surface area contributed by atoms with Crippen LogP contribution in [0, 0.1) is 5.82 Å². The highest BCUT2D eigenvalue weighted by Crippen LogP contribution is 2.45. The van der Waals surface area contributed by atoms with Gasteiger partial charge in [0.15, 0.2) is 5.79 Å². The van der Waals surface area contributed by atoms with Gasteiger partial charge in [0, 0.05) is 18.7 Å². The largest absolute Gasteiger partial charge is 0.387 e. The van der Waals surface area contributed by atoms with Gasteiger partial charge >= 0.3 is 0 Å². The Bertz CT molecular complexity index is 804. The van der Waals surface area contributed by atoms with Gasteiger partial charge in [-0.3, -0.25) is 4.79 Å². The number of ether oxygens (including phenoxy) is 4. The van der Waals surface area contributed by atoms with E-state index in [1.54, 1.807) is 13.8 Å². The van der Waals surface area contributed by atoms with E-state index in [-0.39, 0.29) is 19.1 Å². The van der Waals surface area contributed by atoms with E-state index in [1.165, 1.54) is 75.6 Å². The van der Waals surface area contributed by atoms with Crippen LogP contribution in [0.3, 0.4) is 0 Å². The second kappa shape index (κ2) is 13.8. The fourth-order valence-corrected chi connectivity index (χ4v) is 4.95. The van der Waals surface area contributed by atoms with Crippen molar-refractivity contribution in [1.82, 2.24) is 5.32 Å². The monoisotopic (exact) mass is 509 g/mol. The second-order valence-electron chi connectivity index (χ2n) is 10.5. The molecule has 7 nitrogen and oxygen atoms in total. The highest BCUT2D eigenvalue weighted by atomic mass is 19.1. The molecule has 0 aromatic heterocycles. The molecule has 2 aliphatic heterocycles. The second-order valence-corrected chi connectivity index (χ2v) is 10.5. The van der Waals surface area contributed by atoms with E-state index < -0.39 is 35.7 Å². The molecule has 0 saturated carbocycles. The van der Waals surface area contributed by atoms with Gasteiger partial charge in [-0.15, -0.1) is 0 Å². The number of carbonyl (C=O) groups is 1. The number of unbranched alkanes of at least 4 members (excludes halogenated alkanes) is 9. The zero-order valence-electron chi connectivity index (χ0n) is 22.1. The van der Waals surface area contributed by atoms with Crippen LogP contribution in [0.1, 0.15) is 95.3 Å². The minimum absolute atomic E-state index is 0.0568. The molecule has 2 fully saturated rings.